The molecule has 17 heteroatoms. The molecule has 8 aromatic rings. The third kappa shape index (κ3) is 11.5. The molecule has 0 bridgehead atoms. The van der Waals surface area contributed by atoms with E-state index in [0.717, 1.165) is 60.9 Å². The number of rotatable bonds is 20. The van der Waals surface area contributed by atoms with Crippen LogP contribution in [0.4, 0.5) is 5.82 Å². The number of phenols is 1. The van der Waals surface area contributed by atoms with E-state index in [-0.39, 0.29) is 62.0 Å². The predicted molar refractivity (Wildman–Crippen MR) is 267 cm³/mol. The number of ether oxygens (including phenoxy) is 3. The van der Waals surface area contributed by atoms with E-state index in [2.05, 4.69) is 58.7 Å². The summed E-state index contributed by atoms with van der Waals surface area (Å²) in [5.74, 6) is 0.0781. The molecule has 0 radical (unpaired) electrons. The number of H-pyrrole nitrogens is 1. The third-order valence-electron chi connectivity index (χ3n) is 11.6. The summed E-state index contributed by atoms with van der Waals surface area (Å²) in [5, 5.41) is 19.8. The highest BCUT2D eigenvalue weighted by atomic mass is 35.5. The normalized spacial score (nSPS) is 11.2. The number of aromatic nitrogens is 5. The smallest absolute Gasteiger partial charge is 0.300 e. The van der Waals surface area contributed by atoms with Gasteiger partial charge in [-0.25, -0.2) is 4.98 Å². The van der Waals surface area contributed by atoms with Crippen LogP contribution in [0.3, 0.4) is 0 Å². The lowest BCUT2D eigenvalue weighted by Gasteiger charge is -2.16. The monoisotopic (exact) mass is 949 g/mol. The number of imidazole rings is 1. The van der Waals surface area contributed by atoms with Gasteiger partial charge < -0.3 is 50.6 Å². The number of benzene rings is 4. The van der Waals surface area contributed by atoms with Crippen molar-refractivity contribution in [2.24, 2.45) is 7.05 Å². The number of nitrogens with one attached hydrogen (secondary N) is 4. The fourth-order valence-electron chi connectivity index (χ4n) is 7.95. The summed E-state index contributed by atoms with van der Waals surface area (Å²) < 4.78 is 19.3. The number of nitrogen functional groups attached to an aromatic ring is 1. The van der Waals surface area contributed by atoms with Gasteiger partial charge in [-0.1, -0.05) is 48.9 Å². The molecule has 0 aliphatic rings. The van der Waals surface area contributed by atoms with Gasteiger partial charge in [0.05, 0.1) is 42.5 Å². The summed E-state index contributed by atoms with van der Waals surface area (Å²) in [7, 11) is 2.01. The Morgan fingerprint density at radius 1 is 0.783 bits per heavy atom. The molecule has 4 aromatic heterocycles. The van der Waals surface area contributed by atoms with E-state index in [1.807, 2.05) is 51.4 Å². The zero-order valence-electron chi connectivity index (χ0n) is 38.4. The first kappa shape index (κ1) is 47.7. The second-order valence-corrected chi connectivity index (χ2v) is 16.7. The second kappa shape index (κ2) is 21.9. The Balaban J connectivity index is 0.698. The summed E-state index contributed by atoms with van der Waals surface area (Å²) in [5.41, 5.74) is 16.3. The molecule has 0 aliphatic heterocycles. The van der Waals surface area contributed by atoms with Crippen molar-refractivity contribution in [3.63, 3.8) is 0 Å². The summed E-state index contributed by atoms with van der Waals surface area (Å²) in [6.45, 7) is 5.74. The molecule has 0 saturated heterocycles. The Labute approximate surface area is 403 Å². The first-order chi connectivity index (χ1) is 33.4. The maximum Gasteiger partial charge on any atom is 0.300 e. The Morgan fingerprint density at radius 3 is 2.28 bits per heavy atom. The van der Waals surface area contributed by atoms with Gasteiger partial charge in [0.25, 0.3) is 17.8 Å². The number of anilines is 1. The van der Waals surface area contributed by atoms with E-state index in [1.54, 1.807) is 60.9 Å². The van der Waals surface area contributed by atoms with Gasteiger partial charge in [-0.2, -0.15) is 4.98 Å². The minimum Gasteiger partial charge on any atom is -0.508 e. The number of aromatic amines is 1. The van der Waals surface area contributed by atoms with Crippen molar-refractivity contribution >= 4 is 57.1 Å². The lowest BCUT2D eigenvalue weighted by molar-refractivity contribution is -0.121. The van der Waals surface area contributed by atoms with Gasteiger partial charge in [0.1, 0.15) is 23.0 Å². The molecule has 69 heavy (non-hydrogen) atoms. The molecule has 0 atom stereocenters. The number of nitrogens with two attached hydrogens (primary N) is 1. The van der Waals surface area contributed by atoms with Crippen LogP contribution in [0.15, 0.2) is 110 Å². The van der Waals surface area contributed by atoms with E-state index in [9.17, 15) is 19.5 Å². The van der Waals surface area contributed by atoms with E-state index in [1.165, 1.54) is 0 Å². The number of aryl methyl sites for hydroxylation is 2. The van der Waals surface area contributed by atoms with Crippen LogP contribution < -0.4 is 26.4 Å². The van der Waals surface area contributed by atoms with Crippen LogP contribution in [0.5, 0.6) is 17.5 Å². The number of hydrogen-bond acceptors (Lipinski definition) is 11. The average molecular weight is 950 g/mol. The van der Waals surface area contributed by atoms with E-state index in [0.29, 0.717) is 53.8 Å². The summed E-state index contributed by atoms with van der Waals surface area (Å²) in [6, 6.07) is 27.8. The molecule has 4 heterocycles. The largest absolute Gasteiger partial charge is 0.508 e. The van der Waals surface area contributed by atoms with Crippen LogP contribution in [-0.4, -0.2) is 93.4 Å². The molecular weight excluding hydrogens is 898 g/mol. The number of amides is 3. The number of fused-ring (bicyclic) bond motifs is 2. The minimum atomic E-state index is -0.402. The number of hydrogen-bond donors (Lipinski definition) is 6. The van der Waals surface area contributed by atoms with Gasteiger partial charge >= 0.3 is 0 Å². The van der Waals surface area contributed by atoms with Crippen LogP contribution in [0.1, 0.15) is 45.3 Å². The van der Waals surface area contributed by atoms with Crippen molar-refractivity contribution in [2.45, 2.75) is 26.7 Å². The van der Waals surface area contributed by atoms with Crippen molar-refractivity contribution in [1.29, 1.82) is 0 Å². The lowest BCUT2D eigenvalue weighted by atomic mass is 9.92. The molecule has 7 N–H and O–H groups in total. The van der Waals surface area contributed by atoms with Crippen LogP contribution in [0.2, 0.25) is 5.02 Å². The maximum absolute atomic E-state index is 13.1. The maximum atomic E-state index is 13.1. The standard InChI is InChI=1S/C52H52ClN9O7/c1-4-38-41(30-59-49(54)48(38)32-6-10-36(63)11-7-32)35-8-13-43(58-29-35)51(66)56-17-15-47(64)55-18-21-67-23-24-68-22-19-57-50(65)39-26-37(12-5-31(39)2)69-52-60-44-27-40(42(53)28-45(44)61-52)33-9-14-46-34(25-33)16-20-62(46)3/h5-14,16,20,25-30,63H,4,15,17-19,21-24H2,1-3H3,(H2,54,59)(H,55,64)(H,56,66)(H,57,65)(H,60,61). The molecule has 4 aromatic carbocycles. The van der Waals surface area contributed by atoms with Crippen LogP contribution in [-0.2, 0) is 27.7 Å². The Bertz CT molecular complexity index is 3130. The minimum absolute atomic E-state index is 0.0814. The highest BCUT2D eigenvalue weighted by molar-refractivity contribution is 6.34. The number of aromatic hydroxyl groups is 1. The molecule has 0 unspecified atom stereocenters. The van der Waals surface area contributed by atoms with Crippen molar-refractivity contribution in [2.75, 3.05) is 51.8 Å². The molecule has 0 spiro atoms. The highest BCUT2D eigenvalue weighted by Gasteiger charge is 2.18. The van der Waals surface area contributed by atoms with Crippen LogP contribution in [0, 0.1) is 6.92 Å². The van der Waals surface area contributed by atoms with Gasteiger partial charge in [-0.05, 0) is 96.3 Å². The third-order valence-corrected chi connectivity index (χ3v) is 11.9. The van der Waals surface area contributed by atoms with Gasteiger partial charge in [0.2, 0.25) is 5.91 Å². The van der Waals surface area contributed by atoms with Gasteiger partial charge in [0, 0.05) is 90.4 Å². The Hall–Kier alpha value is -7.79. The molecule has 354 valence electrons. The molecule has 0 fully saturated rings. The van der Waals surface area contributed by atoms with Gasteiger partial charge in [-0.3, -0.25) is 19.4 Å². The number of carbonyl (C=O) groups is 3. The SMILES string of the molecule is CCc1c(-c2ccc(C(=O)NCCC(=O)NCCOCCOCCNC(=O)c3cc(Oc4nc5cc(-c6ccc7c(ccn7C)c6)c(Cl)cc5[nH]4)ccc3C)nc2)cnc(N)c1-c1ccc(O)cc1. The summed E-state index contributed by atoms with van der Waals surface area (Å²) in [6.07, 6.45) is 6.08. The fourth-order valence-corrected chi connectivity index (χ4v) is 8.22. The fraction of sp³-hybridized carbons (Fsp3) is 0.231. The highest BCUT2D eigenvalue weighted by Crippen LogP contribution is 2.37. The zero-order valence-corrected chi connectivity index (χ0v) is 39.2. The number of halogens is 1. The van der Waals surface area contributed by atoms with Gasteiger partial charge in [-0.15, -0.1) is 0 Å². The van der Waals surface area contributed by atoms with Crippen LogP contribution in [0.25, 0.3) is 55.3 Å². The zero-order chi connectivity index (χ0) is 48.4. The number of pyridine rings is 2. The Kier molecular flexibility index (Phi) is 15.1. The van der Waals surface area contributed by atoms with Gasteiger partial charge in [0.15, 0.2) is 0 Å². The molecule has 0 aliphatic carbocycles. The quantitative estimate of drug-likeness (QED) is 0.0400. The second-order valence-electron chi connectivity index (χ2n) is 16.2. The van der Waals surface area contributed by atoms with Crippen LogP contribution >= 0.6 is 11.6 Å². The number of phenolic OH excluding ortho intramolecular Hbond substituents is 1. The lowest BCUT2D eigenvalue weighted by Crippen LogP contribution is -2.32. The van der Waals surface area contributed by atoms with Crippen molar-refractivity contribution in [3.05, 3.63) is 137 Å². The molecular formula is C52H52ClN9O7. The number of carbonyl (C=O) groups excluding carboxylic acids is 3. The summed E-state index contributed by atoms with van der Waals surface area (Å²) in [4.78, 5) is 54.9. The average Bonchev–Trinajstić information content (AvgIpc) is 3.93. The first-order valence-electron chi connectivity index (χ1n) is 22.5. The first-order valence-corrected chi connectivity index (χ1v) is 22.9. The van der Waals surface area contributed by atoms with Crippen molar-refractivity contribution in [1.82, 2.24) is 40.5 Å². The molecule has 8 rings (SSSR count). The van der Waals surface area contributed by atoms with Crippen molar-refractivity contribution < 1.29 is 33.7 Å². The topological polar surface area (TPSA) is 221 Å². The summed E-state index contributed by atoms with van der Waals surface area (Å²) >= 11 is 6.72. The molecule has 3 amide bonds. The molecule has 0 saturated carbocycles. The Morgan fingerprint density at radius 2 is 1.52 bits per heavy atom. The number of nitrogens with zero attached hydrogens (tertiary/aromatic N) is 4. The van der Waals surface area contributed by atoms with Crippen molar-refractivity contribution in [3.8, 4) is 50.9 Å². The van der Waals surface area contributed by atoms with E-state index >= 15 is 0 Å². The molecule has 16 nitrogen and oxygen atoms in total. The van der Waals surface area contributed by atoms with E-state index in [4.69, 9.17) is 31.5 Å². The van der Waals surface area contributed by atoms with E-state index < -0.39 is 5.91 Å². The predicted octanol–water partition coefficient (Wildman–Crippen LogP) is 8.15.